The number of ketones is 1. The summed E-state index contributed by atoms with van der Waals surface area (Å²) in [5.41, 5.74) is 1.36. The van der Waals surface area contributed by atoms with Crippen LogP contribution in [0.1, 0.15) is 30.1 Å². The summed E-state index contributed by atoms with van der Waals surface area (Å²) >= 11 is 10.8. The molecule has 8 nitrogen and oxygen atoms in total. The van der Waals surface area contributed by atoms with Gasteiger partial charge in [0.25, 0.3) is 0 Å². The fourth-order valence-electron chi connectivity index (χ4n) is 4.37. The lowest BCUT2D eigenvalue weighted by Gasteiger charge is -2.36. The number of carbonyl (C=O) groups is 3. The van der Waals surface area contributed by atoms with Crippen molar-refractivity contribution in [3.63, 3.8) is 0 Å². The zero-order chi connectivity index (χ0) is 26.5. The lowest BCUT2D eigenvalue weighted by atomic mass is 10.1. The number of Topliss-reactive ketones (excluding diaryl/α,β-unsaturated/α-hetero) is 1. The van der Waals surface area contributed by atoms with Crippen molar-refractivity contribution in [2.24, 2.45) is 0 Å². The Bertz CT molecular complexity index is 1190. The molecule has 2 heterocycles. The minimum atomic E-state index is -0.525. The van der Waals surface area contributed by atoms with Crippen LogP contribution in [0, 0.1) is 5.82 Å². The number of hydrogen-bond acceptors (Lipinski definition) is 6. The summed E-state index contributed by atoms with van der Waals surface area (Å²) in [5, 5.41) is 3.53. The SMILES string of the molecule is CC(=S)NC[C@H]1CN(c2ccc(N3CCN(C(=O)CCC(=O)c4ccc(Cl)cc4)CC3)c(F)c2)C(=O)O1. The first kappa shape index (κ1) is 26.8. The molecule has 0 saturated carbocycles. The molecule has 2 saturated heterocycles. The van der Waals surface area contributed by atoms with Crippen LogP contribution in [0.2, 0.25) is 5.02 Å². The third-order valence-electron chi connectivity index (χ3n) is 6.40. The van der Waals surface area contributed by atoms with Gasteiger partial charge in [-0.05, 0) is 49.4 Å². The minimum Gasteiger partial charge on any atom is -0.442 e. The van der Waals surface area contributed by atoms with Crippen LogP contribution in [0.3, 0.4) is 0 Å². The lowest BCUT2D eigenvalue weighted by Crippen LogP contribution is -2.49. The number of carbonyl (C=O) groups excluding carboxylic acids is 3. The van der Waals surface area contributed by atoms with Gasteiger partial charge in [-0.25, -0.2) is 9.18 Å². The standard InChI is InChI=1S/C26H28ClFN4O4S/c1-17(37)29-15-21-16-32(26(35)36-21)20-6-7-23(22(28)14-20)30-10-12-31(13-11-30)25(34)9-8-24(33)18-2-4-19(27)5-3-18/h2-7,14,21H,8-13,15-16H2,1H3,(H,29,37)/t21-/m0/s1. The lowest BCUT2D eigenvalue weighted by molar-refractivity contribution is -0.131. The first-order valence-electron chi connectivity index (χ1n) is 12.0. The Balaban J connectivity index is 1.28. The molecule has 196 valence electrons. The quantitative estimate of drug-likeness (QED) is 0.395. The number of anilines is 2. The van der Waals surface area contributed by atoms with Crippen molar-refractivity contribution in [2.45, 2.75) is 25.9 Å². The molecule has 2 fully saturated rings. The highest BCUT2D eigenvalue weighted by molar-refractivity contribution is 7.80. The van der Waals surface area contributed by atoms with Gasteiger partial charge in [0, 0.05) is 49.6 Å². The van der Waals surface area contributed by atoms with Crippen molar-refractivity contribution in [1.29, 1.82) is 0 Å². The molecule has 4 rings (SSSR count). The molecule has 0 spiro atoms. The molecule has 0 unspecified atom stereocenters. The molecular formula is C26H28ClFN4O4S. The third-order valence-corrected chi connectivity index (χ3v) is 6.80. The predicted molar refractivity (Wildman–Crippen MR) is 144 cm³/mol. The van der Waals surface area contributed by atoms with E-state index >= 15 is 4.39 Å². The predicted octanol–water partition coefficient (Wildman–Crippen LogP) is 4.05. The van der Waals surface area contributed by atoms with Gasteiger partial charge in [0.15, 0.2) is 5.78 Å². The van der Waals surface area contributed by atoms with Crippen LogP contribution in [-0.4, -0.2) is 73.0 Å². The van der Waals surface area contributed by atoms with Crippen LogP contribution in [0.25, 0.3) is 0 Å². The average Bonchev–Trinajstić information content (AvgIpc) is 3.26. The summed E-state index contributed by atoms with van der Waals surface area (Å²) in [6, 6.07) is 11.3. The van der Waals surface area contributed by atoms with E-state index in [-0.39, 0.29) is 30.6 Å². The van der Waals surface area contributed by atoms with E-state index < -0.39 is 11.9 Å². The number of cyclic esters (lactones) is 1. The number of nitrogens with zero attached hydrogens (tertiary/aromatic N) is 3. The van der Waals surface area contributed by atoms with Gasteiger partial charge < -0.3 is 19.9 Å². The van der Waals surface area contributed by atoms with E-state index in [1.54, 1.807) is 48.2 Å². The van der Waals surface area contributed by atoms with E-state index in [4.69, 9.17) is 28.6 Å². The summed E-state index contributed by atoms with van der Waals surface area (Å²) in [4.78, 5) is 42.8. The van der Waals surface area contributed by atoms with Crippen LogP contribution in [0.4, 0.5) is 20.6 Å². The number of halogens is 2. The largest absolute Gasteiger partial charge is 0.442 e. The zero-order valence-corrected chi connectivity index (χ0v) is 22.0. The molecule has 1 N–H and O–H groups in total. The molecule has 0 aromatic heterocycles. The Morgan fingerprint density at radius 2 is 1.81 bits per heavy atom. The van der Waals surface area contributed by atoms with Gasteiger partial charge in [-0.1, -0.05) is 23.8 Å². The number of thiocarbonyl (C=S) groups is 1. The van der Waals surface area contributed by atoms with Gasteiger partial charge >= 0.3 is 6.09 Å². The summed E-state index contributed by atoms with van der Waals surface area (Å²) < 4.78 is 20.4. The molecule has 2 amide bonds. The topological polar surface area (TPSA) is 82.2 Å². The minimum absolute atomic E-state index is 0.0989. The van der Waals surface area contributed by atoms with Crippen LogP contribution in [0.15, 0.2) is 42.5 Å². The normalized spacial score (nSPS) is 17.5. The Hall–Kier alpha value is -3.24. The second kappa shape index (κ2) is 11.9. The Morgan fingerprint density at radius 3 is 2.46 bits per heavy atom. The number of amides is 2. The van der Waals surface area contributed by atoms with Crippen LogP contribution >= 0.6 is 23.8 Å². The summed E-state index contributed by atoms with van der Waals surface area (Å²) in [5.74, 6) is -0.655. The van der Waals surface area contributed by atoms with E-state index in [9.17, 15) is 14.4 Å². The first-order chi connectivity index (χ1) is 17.7. The monoisotopic (exact) mass is 546 g/mol. The molecule has 37 heavy (non-hydrogen) atoms. The maximum absolute atomic E-state index is 15.0. The number of benzene rings is 2. The van der Waals surface area contributed by atoms with Crippen molar-refractivity contribution in [3.8, 4) is 0 Å². The van der Waals surface area contributed by atoms with Crippen LogP contribution in [-0.2, 0) is 9.53 Å². The maximum atomic E-state index is 15.0. The van der Waals surface area contributed by atoms with E-state index in [1.165, 1.54) is 11.0 Å². The Labute approximate surface area is 225 Å². The fraction of sp³-hybridized carbons (Fsp3) is 0.385. The maximum Gasteiger partial charge on any atom is 0.414 e. The molecule has 11 heteroatoms. The molecule has 2 aromatic carbocycles. The molecule has 0 bridgehead atoms. The molecule has 0 aliphatic carbocycles. The molecule has 2 aliphatic rings. The fourth-order valence-corrected chi connectivity index (χ4v) is 4.58. The van der Waals surface area contributed by atoms with Gasteiger partial charge in [0.2, 0.25) is 5.91 Å². The molecule has 2 aromatic rings. The molecular weight excluding hydrogens is 519 g/mol. The highest BCUT2D eigenvalue weighted by atomic mass is 35.5. The summed E-state index contributed by atoms with van der Waals surface area (Å²) in [7, 11) is 0. The van der Waals surface area contributed by atoms with Crippen molar-refractivity contribution >= 4 is 58.0 Å². The summed E-state index contributed by atoms with van der Waals surface area (Å²) in [6.07, 6.45) is -0.655. The number of hydrogen-bond donors (Lipinski definition) is 1. The van der Waals surface area contributed by atoms with Gasteiger partial charge in [0.1, 0.15) is 11.9 Å². The number of piperazine rings is 1. The van der Waals surface area contributed by atoms with Crippen molar-refractivity contribution < 1.29 is 23.5 Å². The van der Waals surface area contributed by atoms with Crippen molar-refractivity contribution in [3.05, 3.63) is 58.9 Å². The average molecular weight is 547 g/mol. The van der Waals surface area contributed by atoms with E-state index in [1.807, 2.05) is 4.90 Å². The number of nitrogens with one attached hydrogen (secondary N) is 1. The van der Waals surface area contributed by atoms with Crippen molar-refractivity contribution in [1.82, 2.24) is 10.2 Å². The molecule has 0 radical (unpaired) electrons. The van der Waals surface area contributed by atoms with Crippen molar-refractivity contribution in [2.75, 3.05) is 49.1 Å². The third kappa shape index (κ3) is 6.75. The molecule has 1 atom stereocenters. The van der Waals surface area contributed by atoms with Crippen LogP contribution in [0.5, 0.6) is 0 Å². The second-order valence-corrected chi connectivity index (χ2v) is 10.0. The number of rotatable bonds is 8. The van der Waals surface area contributed by atoms with Gasteiger partial charge in [-0.2, -0.15) is 0 Å². The van der Waals surface area contributed by atoms with Crippen LogP contribution < -0.4 is 15.1 Å². The smallest absolute Gasteiger partial charge is 0.414 e. The highest BCUT2D eigenvalue weighted by Crippen LogP contribution is 2.28. The van der Waals surface area contributed by atoms with Gasteiger partial charge in [-0.15, -0.1) is 0 Å². The van der Waals surface area contributed by atoms with E-state index in [0.717, 1.165) is 0 Å². The number of ether oxygens (including phenoxy) is 1. The highest BCUT2D eigenvalue weighted by Gasteiger charge is 2.33. The second-order valence-electron chi connectivity index (χ2n) is 8.99. The Kier molecular flexibility index (Phi) is 8.60. The van der Waals surface area contributed by atoms with E-state index in [2.05, 4.69) is 5.32 Å². The Morgan fingerprint density at radius 1 is 1.11 bits per heavy atom. The summed E-state index contributed by atoms with van der Waals surface area (Å²) in [6.45, 7) is 4.23. The first-order valence-corrected chi connectivity index (χ1v) is 12.8. The zero-order valence-electron chi connectivity index (χ0n) is 20.4. The van der Waals surface area contributed by atoms with E-state index in [0.29, 0.717) is 66.2 Å². The van der Waals surface area contributed by atoms with Gasteiger partial charge in [-0.3, -0.25) is 14.5 Å². The van der Waals surface area contributed by atoms with Gasteiger partial charge in [0.05, 0.1) is 29.5 Å². The molecule has 2 aliphatic heterocycles.